The first-order valence-electron chi connectivity index (χ1n) is 44.5. The van der Waals surface area contributed by atoms with Gasteiger partial charge < -0.3 is 13.3 Å². The summed E-state index contributed by atoms with van der Waals surface area (Å²) >= 11 is 0. The molecule has 3 aliphatic carbocycles. The van der Waals surface area contributed by atoms with Crippen molar-refractivity contribution in [2.75, 3.05) is 0 Å². The van der Waals surface area contributed by atoms with Gasteiger partial charge in [-0.05, 0) is 317 Å². The van der Waals surface area contributed by atoms with Crippen LogP contribution < -0.4 is 0 Å². The monoisotopic (exact) mass is 1630 g/mol. The molecule has 26 aromatic rings. The minimum Gasteiger partial charge on any atom is -0.456 e. The zero-order valence-corrected chi connectivity index (χ0v) is 69.9. The van der Waals surface area contributed by atoms with Crippen LogP contribution in [0, 0.1) is 0 Å². The number of hydrogen-bond acceptors (Lipinski definition) is 3. The minimum atomic E-state index is 0.895. The highest BCUT2D eigenvalue weighted by Crippen LogP contribution is 2.56. The molecule has 0 saturated carbocycles. The average molecular weight is 1640 g/mol. The molecule has 596 valence electrons. The van der Waals surface area contributed by atoms with Gasteiger partial charge in [0.05, 0.1) is 0 Å². The van der Waals surface area contributed by atoms with E-state index in [0.717, 1.165) is 88.1 Å². The van der Waals surface area contributed by atoms with Crippen LogP contribution in [0.25, 0.3) is 286 Å². The van der Waals surface area contributed by atoms with Crippen LogP contribution in [0.5, 0.6) is 0 Å². The summed E-state index contributed by atoms with van der Waals surface area (Å²) < 4.78 is 18.7. The maximum absolute atomic E-state index is 6.35. The van der Waals surface area contributed by atoms with E-state index in [1.807, 2.05) is 24.3 Å². The predicted molar refractivity (Wildman–Crippen MR) is 543 cm³/mol. The molecule has 0 spiro atoms. The van der Waals surface area contributed by atoms with Crippen molar-refractivity contribution < 1.29 is 13.3 Å². The summed E-state index contributed by atoms with van der Waals surface area (Å²) in [5.41, 5.74) is 40.8. The Labute approximate surface area is 743 Å². The van der Waals surface area contributed by atoms with Gasteiger partial charge in [-0.3, -0.25) is 0 Å². The van der Waals surface area contributed by atoms with E-state index in [1.165, 1.54) is 198 Å². The molecule has 0 radical (unpaired) electrons. The van der Waals surface area contributed by atoms with E-state index in [-0.39, 0.29) is 0 Å². The Morgan fingerprint density at radius 2 is 0.395 bits per heavy atom. The van der Waals surface area contributed by atoms with Crippen LogP contribution in [0.3, 0.4) is 0 Å². The first kappa shape index (κ1) is 72.5. The lowest BCUT2D eigenvalue weighted by atomic mass is 9.88. The molecule has 0 atom stereocenters. The largest absolute Gasteiger partial charge is 0.456 e. The predicted octanol–water partition coefficient (Wildman–Crippen LogP) is 36.0. The Bertz CT molecular complexity index is 8990. The molecular weight excluding hydrogens is 1560 g/mol. The van der Waals surface area contributed by atoms with Crippen molar-refractivity contribution in [1.29, 1.82) is 0 Å². The third-order valence-electron chi connectivity index (χ3n) is 27.6. The number of fused-ring (bicyclic) bond motifs is 21. The fraction of sp³-hybridized carbons (Fsp3) is 0. The fourth-order valence-electron chi connectivity index (χ4n) is 21.7. The summed E-state index contributed by atoms with van der Waals surface area (Å²) in [7, 11) is 0. The van der Waals surface area contributed by atoms with Gasteiger partial charge in [0, 0.05) is 32.3 Å². The maximum Gasteiger partial charge on any atom is 0.136 e. The third kappa shape index (κ3) is 11.5. The highest BCUT2D eigenvalue weighted by Gasteiger charge is 2.29. The van der Waals surface area contributed by atoms with Gasteiger partial charge in [-0.15, -0.1) is 0 Å². The van der Waals surface area contributed by atoms with Gasteiger partial charge in [-0.2, -0.15) is 0 Å². The molecule has 3 aromatic heterocycles. The third-order valence-corrected chi connectivity index (χ3v) is 27.6. The van der Waals surface area contributed by atoms with Crippen molar-refractivity contribution in [2.45, 2.75) is 0 Å². The van der Waals surface area contributed by atoms with Crippen molar-refractivity contribution in [2.24, 2.45) is 0 Å². The molecular formula is C126H74O3. The molecule has 23 aromatic carbocycles. The van der Waals surface area contributed by atoms with Gasteiger partial charge in [-0.25, -0.2) is 0 Å². The van der Waals surface area contributed by atoms with E-state index in [2.05, 4.69) is 425 Å². The molecule has 0 bridgehead atoms. The van der Waals surface area contributed by atoms with Crippen molar-refractivity contribution >= 4 is 130 Å². The quantitative estimate of drug-likeness (QED) is 0.152. The van der Waals surface area contributed by atoms with Gasteiger partial charge in [0.2, 0.25) is 0 Å². The summed E-state index contributed by atoms with van der Waals surface area (Å²) in [5.74, 6) is 0. The maximum atomic E-state index is 6.35. The van der Waals surface area contributed by atoms with E-state index < -0.39 is 0 Å². The van der Waals surface area contributed by atoms with Crippen LogP contribution in [-0.2, 0) is 0 Å². The summed E-state index contributed by atoms with van der Waals surface area (Å²) in [6.45, 7) is 0. The standard InChI is InChI=1S/C46H26O2.C42H26.C38H22O/c1-2-11-34-33(10-1)36-17-7-16-35-30(22-23-37(34)44(35)36)27-24-28(31-14-8-20-42-45(31)38-12-3-5-18-40(38)47-42)26-29(25-27)32-15-9-21-43-46(32)39-13-4-6-19-41(39)48-43;1-2-9-27(10-3-1)30-19-20-35-31(23-30)15-7-16-34(35)32-13-6-14-33(24-32)36-21-22-39-41-26-29-12-5-4-11-28(29)25-40(41)38-18-8-17-37(36)42(38)39;1-2-7-26-21-34-32-18-17-28(30-9-5-10-31(38(30)32)33(34)20-25(26)6-1)24-14-12-23(13-15-24)27-16-19-37-35(22-27)29-8-3-4-11-36(29)39-37/h1-26H;1-26H;1-22H. The van der Waals surface area contributed by atoms with Crippen LogP contribution in [0.2, 0.25) is 0 Å². The fourth-order valence-corrected chi connectivity index (χ4v) is 21.7. The summed E-state index contributed by atoms with van der Waals surface area (Å²) in [4.78, 5) is 0. The topological polar surface area (TPSA) is 39.4 Å². The second-order valence-electron chi connectivity index (χ2n) is 34.6. The summed E-state index contributed by atoms with van der Waals surface area (Å²) in [5, 5.41) is 22.5. The van der Waals surface area contributed by atoms with Gasteiger partial charge in [0.25, 0.3) is 0 Å². The lowest BCUT2D eigenvalue weighted by molar-refractivity contribution is 0.668. The summed E-state index contributed by atoms with van der Waals surface area (Å²) in [6, 6.07) is 163. The van der Waals surface area contributed by atoms with E-state index in [9.17, 15) is 0 Å². The molecule has 0 unspecified atom stereocenters. The Kier molecular flexibility index (Phi) is 16.2. The average Bonchev–Trinajstić information content (AvgIpc) is 1.61. The highest BCUT2D eigenvalue weighted by atomic mass is 16.3. The van der Waals surface area contributed by atoms with Crippen LogP contribution in [-0.4, -0.2) is 0 Å². The molecule has 0 N–H and O–H groups in total. The number of para-hydroxylation sites is 3. The van der Waals surface area contributed by atoms with Crippen molar-refractivity contribution in [1.82, 2.24) is 0 Å². The molecule has 0 amide bonds. The lowest BCUT2D eigenvalue weighted by Gasteiger charge is -2.15. The first-order valence-corrected chi connectivity index (χ1v) is 44.5. The van der Waals surface area contributed by atoms with Crippen LogP contribution in [0.15, 0.2) is 462 Å². The van der Waals surface area contributed by atoms with Gasteiger partial charge in [0.1, 0.15) is 33.5 Å². The molecule has 3 heteroatoms. The second kappa shape index (κ2) is 28.8. The molecule has 3 aliphatic rings. The van der Waals surface area contributed by atoms with E-state index in [4.69, 9.17) is 13.3 Å². The highest BCUT2D eigenvalue weighted by molar-refractivity contribution is 6.24. The molecule has 3 heterocycles. The van der Waals surface area contributed by atoms with Crippen molar-refractivity contribution in [3.05, 3.63) is 449 Å². The van der Waals surface area contributed by atoms with Gasteiger partial charge in [-0.1, -0.05) is 352 Å². The lowest BCUT2D eigenvalue weighted by Crippen LogP contribution is -1.89. The normalized spacial score (nSPS) is 12.0. The Balaban J connectivity index is 0.000000100. The zero-order valence-electron chi connectivity index (χ0n) is 69.9. The minimum absolute atomic E-state index is 0.895. The first-order chi connectivity index (χ1) is 63.9. The van der Waals surface area contributed by atoms with Crippen LogP contribution >= 0.6 is 0 Å². The smallest absolute Gasteiger partial charge is 0.136 e. The number of hydrogen-bond donors (Lipinski definition) is 0. The Morgan fingerprint density at radius 3 is 0.938 bits per heavy atom. The van der Waals surface area contributed by atoms with E-state index in [1.54, 1.807) is 0 Å². The molecule has 0 fully saturated rings. The Morgan fingerprint density at radius 1 is 0.101 bits per heavy atom. The zero-order chi connectivity index (χ0) is 84.5. The molecule has 29 rings (SSSR count). The Hall–Kier alpha value is -17.0. The van der Waals surface area contributed by atoms with Gasteiger partial charge >= 0.3 is 0 Å². The molecule has 129 heavy (non-hydrogen) atoms. The molecule has 0 aliphatic heterocycles. The second-order valence-corrected chi connectivity index (χ2v) is 34.6. The van der Waals surface area contributed by atoms with E-state index in [0.29, 0.717) is 0 Å². The van der Waals surface area contributed by atoms with Gasteiger partial charge in [0.15, 0.2) is 0 Å². The number of furan rings is 3. The van der Waals surface area contributed by atoms with Crippen LogP contribution in [0.1, 0.15) is 0 Å². The van der Waals surface area contributed by atoms with Crippen molar-refractivity contribution in [3.63, 3.8) is 0 Å². The van der Waals surface area contributed by atoms with E-state index >= 15 is 0 Å². The molecule has 0 saturated heterocycles. The van der Waals surface area contributed by atoms with Crippen LogP contribution in [0.4, 0.5) is 0 Å². The SMILES string of the molecule is c1ccc(-c2ccc3c(-c4cccc(-c5ccc6c7c(cccc57)-c5cc7ccccc7cc5-6)c4)cccc3c2)cc1.c1ccc2c(c1)-c1cccc3c(-c4cc(-c5cccc6oc7ccccc7c56)cc(-c5cccc6oc7ccccc7c56)c4)ccc-2c13.c1ccc2cc3c(cc2c1)-c1cccc2c(-c4ccc(-c5ccc6oc7ccccc7c6c5)cc4)ccc-3c12. The molecule has 3 nitrogen and oxygen atoms in total. The number of rotatable bonds is 8. The summed E-state index contributed by atoms with van der Waals surface area (Å²) in [6.07, 6.45) is 0. The van der Waals surface area contributed by atoms with Crippen molar-refractivity contribution in [3.8, 4) is 156 Å². The number of benzene rings is 23.